The third kappa shape index (κ3) is 1.75. The van der Waals surface area contributed by atoms with Crippen LogP contribution in [-0.2, 0) is 11.2 Å². The van der Waals surface area contributed by atoms with Gasteiger partial charge in [-0.25, -0.2) is 8.78 Å². The van der Waals surface area contributed by atoms with Gasteiger partial charge in [0.2, 0.25) is 5.91 Å². The van der Waals surface area contributed by atoms with Crippen LogP contribution in [0.1, 0.15) is 17.5 Å². The molecule has 1 aromatic rings. The summed E-state index contributed by atoms with van der Waals surface area (Å²) >= 11 is 0. The molecule has 4 heteroatoms. The van der Waals surface area contributed by atoms with E-state index in [0.29, 0.717) is 29.5 Å². The molecule has 0 spiro atoms. The highest BCUT2D eigenvalue weighted by Crippen LogP contribution is 2.34. The lowest BCUT2D eigenvalue weighted by atomic mass is 10.1. The Hall–Kier alpha value is -1.71. The van der Waals surface area contributed by atoms with Crippen molar-refractivity contribution in [1.82, 2.24) is 0 Å². The highest BCUT2D eigenvalue weighted by Gasteiger charge is 2.21. The number of allylic oxidation sites excluding steroid dienone is 1. The molecule has 1 amide bonds. The number of hydrogen-bond acceptors (Lipinski definition) is 1. The van der Waals surface area contributed by atoms with E-state index >= 15 is 0 Å². The third-order valence-corrected chi connectivity index (χ3v) is 2.47. The normalized spacial score (nSPS) is 16.8. The van der Waals surface area contributed by atoms with E-state index in [4.69, 9.17) is 5.73 Å². The van der Waals surface area contributed by atoms with Crippen molar-refractivity contribution in [2.75, 3.05) is 0 Å². The molecule has 0 unspecified atom stereocenters. The summed E-state index contributed by atoms with van der Waals surface area (Å²) in [6.45, 7) is 0. The van der Waals surface area contributed by atoms with Gasteiger partial charge in [0.05, 0.1) is 0 Å². The number of halogens is 2. The second-order valence-corrected chi connectivity index (χ2v) is 3.49. The number of amides is 1. The first-order valence-electron chi connectivity index (χ1n) is 4.56. The smallest absolute Gasteiger partial charge is 0.241 e. The van der Waals surface area contributed by atoms with Crippen molar-refractivity contribution in [2.24, 2.45) is 5.73 Å². The summed E-state index contributed by atoms with van der Waals surface area (Å²) < 4.78 is 26.2. The summed E-state index contributed by atoms with van der Waals surface area (Å²) in [5, 5.41) is 0. The molecule has 0 aromatic heterocycles. The van der Waals surface area contributed by atoms with Crippen LogP contribution in [0.4, 0.5) is 8.78 Å². The zero-order valence-electron chi connectivity index (χ0n) is 7.89. The highest BCUT2D eigenvalue weighted by atomic mass is 19.1. The van der Waals surface area contributed by atoms with Gasteiger partial charge in [-0.3, -0.25) is 4.79 Å². The zero-order valence-corrected chi connectivity index (χ0v) is 7.89. The van der Waals surface area contributed by atoms with Gasteiger partial charge in [0.15, 0.2) is 0 Å². The van der Waals surface area contributed by atoms with Crippen LogP contribution in [0.2, 0.25) is 0 Å². The van der Waals surface area contributed by atoms with Crippen LogP contribution in [0.25, 0.3) is 5.57 Å². The Kier molecular flexibility index (Phi) is 2.26. The van der Waals surface area contributed by atoms with Gasteiger partial charge in [-0.2, -0.15) is 0 Å². The Morgan fingerprint density at radius 2 is 2.07 bits per heavy atom. The maximum absolute atomic E-state index is 13.3. The summed E-state index contributed by atoms with van der Waals surface area (Å²) in [4.78, 5) is 10.7. The summed E-state index contributed by atoms with van der Waals surface area (Å²) in [5.41, 5.74) is 6.54. The van der Waals surface area contributed by atoms with E-state index in [1.54, 1.807) is 0 Å². The molecular weight excluding hydrogens is 200 g/mol. The lowest BCUT2D eigenvalue weighted by molar-refractivity contribution is -0.113. The van der Waals surface area contributed by atoms with Crippen LogP contribution < -0.4 is 5.73 Å². The summed E-state index contributed by atoms with van der Waals surface area (Å²) in [7, 11) is 0. The average Bonchev–Trinajstić information content (AvgIpc) is 2.48. The van der Waals surface area contributed by atoms with Crippen LogP contribution in [0.3, 0.4) is 0 Å². The molecule has 0 saturated heterocycles. The Bertz CT molecular complexity index is 466. The van der Waals surface area contributed by atoms with Gasteiger partial charge in [-0.05, 0) is 35.6 Å². The molecule has 1 aliphatic carbocycles. The van der Waals surface area contributed by atoms with E-state index in [0.717, 1.165) is 6.07 Å². The molecule has 0 heterocycles. The van der Waals surface area contributed by atoms with Gasteiger partial charge in [0.1, 0.15) is 11.6 Å². The maximum Gasteiger partial charge on any atom is 0.241 e. The molecule has 78 valence electrons. The molecule has 0 bridgehead atoms. The summed E-state index contributed by atoms with van der Waals surface area (Å²) in [6, 6.07) is 2.09. The molecule has 0 fully saturated rings. The summed E-state index contributed by atoms with van der Waals surface area (Å²) in [5.74, 6) is -1.79. The van der Waals surface area contributed by atoms with Crippen molar-refractivity contribution in [3.05, 3.63) is 41.0 Å². The van der Waals surface area contributed by atoms with Crippen molar-refractivity contribution in [3.63, 3.8) is 0 Å². The minimum atomic E-state index is -0.636. The molecule has 0 radical (unpaired) electrons. The van der Waals surface area contributed by atoms with E-state index in [1.807, 2.05) is 0 Å². The Morgan fingerprint density at radius 1 is 1.33 bits per heavy atom. The number of carbonyl (C=O) groups excluding carboxylic acids is 1. The molecule has 2 rings (SSSR count). The fraction of sp³-hybridized carbons (Fsp3) is 0.182. The van der Waals surface area contributed by atoms with Crippen LogP contribution in [0, 0.1) is 11.6 Å². The molecule has 0 atom stereocenters. The van der Waals surface area contributed by atoms with E-state index in [2.05, 4.69) is 0 Å². The predicted octanol–water partition coefficient (Wildman–Crippen LogP) is 1.78. The standard InChI is InChI=1S/C11H9F2NO/c12-7-4-9-6(3-11(14)15)1-2-8(9)10(13)5-7/h3-5H,1-2H2,(H2,14,15)/b6-3-. The quantitative estimate of drug-likeness (QED) is 0.704. The third-order valence-electron chi connectivity index (χ3n) is 2.47. The van der Waals surface area contributed by atoms with E-state index in [-0.39, 0.29) is 0 Å². The van der Waals surface area contributed by atoms with E-state index in [9.17, 15) is 13.6 Å². The van der Waals surface area contributed by atoms with Gasteiger partial charge in [0, 0.05) is 12.1 Å². The molecule has 1 aliphatic rings. The van der Waals surface area contributed by atoms with Crippen molar-refractivity contribution in [1.29, 1.82) is 0 Å². The lowest BCUT2D eigenvalue weighted by Crippen LogP contribution is -2.06. The number of carbonyl (C=O) groups is 1. The minimum Gasteiger partial charge on any atom is -0.366 e. The first-order chi connectivity index (χ1) is 7.08. The van der Waals surface area contributed by atoms with Crippen molar-refractivity contribution < 1.29 is 13.6 Å². The van der Waals surface area contributed by atoms with Gasteiger partial charge >= 0.3 is 0 Å². The predicted molar refractivity (Wildman–Crippen MR) is 51.9 cm³/mol. The van der Waals surface area contributed by atoms with Crippen LogP contribution in [0.15, 0.2) is 18.2 Å². The van der Waals surface area contributed by atoms with E-state index < -0.39 is 17.5 Å². The molecule has 0 saturated carbocycles. The average molecular weight is 209 g/mol. The molecule has 2 N–H and O–H groups in total. The minimum absolute atomic E-state index is 0.462. The van der Waals surface area contributed by atoms with Crippen molar-refractivity contribution >= 4 is 11.5 Å². The van der Waals surface area contributed by atoms with Gasteiger partial charge in [-0.15, -0.1) is 0 Å². The first-order valence-corrected chi connectivity index (χ1v) is 4.56. The zero-order chi connectivity index (χ0) is 11.0. The van der Waals surface area contributed by atoms with E-state index in [1.165, 1.54) is 12.1 Å². The fourth-order valence-electron chi connectivity index (χ4n) is 1.86. The Labute approximate surface area is 85.4 Å². The molecule has 1 aromatic carbocycles. The molecular formula is C11H9F2NO. The number of nitrogens with two attached hydrogens (primary N) is 1. The number of fused-ring (bicyclic) bond motifs is 1. The molecule has 0 aliphatic heterocycles. The lowest BCUT2D eigenvalue weighted by Gasteiger charge is -2.01. The van der Waals surface area contributed by atoms with Crippen LogP contribution in [0.5, 0.6) is 0 Å². The maximum atomic E-state index is 13.3. The van der Waals surface area contributed by atoms with Crippen molar-refractivity contribution in [2.45, 2.75) is 12.8 Å². The largest absolute Gasteiger partial charge is 0.366 e. The SMILES string of the molecule is NC(=O)/C=C1/CCc2c(F)cc(F)cc21. The monoisotopic (exact) mass is 209 g/mol. The van der Waals surface area contributed by atoms with Crippen LogP contribution >= 0.6 is 0 Å². The van der Waals surface area contributed by atoms with Gasteiger partial charge in [-0.1, -0.05) is 0 Å². The van der Waals surface area contributed by atoms with Crippen LogP contribution in [-0.4, -0.2) is 5.91 Å². The molecule has 2 nitrogen and oxygen atoms in total. The topological polar surface area (TPSA) is 43.1 Å². The second kappa shape index (κ2) is 3.46. The molecule has 15 heavy (non-hydrogen) atoms. The fourth-order valence-corrected chi connectivity index (χ4v) is 1.86. The summed E-state index contributed by atoms with van der Waals surface area (Å²) in [6.07, 6.45) is 2.24. The number of benzene rings is 1. The number of primary amides is 1. The van der Waals surface area contributed by atoms with Gasteiger partial charge < -0.3 is 5.73 Å². The second-order valence-electron chi connectivity index (χ2n) is 3.49. The van der Waals surface area contributed by atoms with Gasteiger partial charge in [0.25, 0.3) is 0 Å². The Balaban J connectivity index is 2.55. The highest BCUT2D eigenvalue weighted by molar-refractivity contribution is 5.95. The Morgan fingerprint density at radius 3 is 2.73 bits per heavy atom. The van der Waals surface area contributed by atoms with Crippen molar-refractivity contribution in [3.8, 4) is 0 Å². The number of rotatable bonds is 1. The number of hydrogen-bond donors (Lipinski definition) is 1. The first kappa shape index (κ1) is 9.83.